The van der Waals surface area contributed by atoms with Gasteiger partial charge in [0.15, 0.2) is 0 Å². The standard InChI is InChI=1S/C14H15ClN4O4/c1-19(6-5-12(20)21)14(22)16-8-11-17-13(18-23-11)9-3-2-4-10(15)7-9/h2-4,7H,5-6,8H2,1H3,(H,16,22)(H,20,21). The van der Waals surface area contributed by atoms with Crippen LogP contribution in [0.5, 0.6) is 0 Å². The van der Waals surface area contributed by atoms with Gasteiger partial charge < -0.3 is 19.8 Å². The number of urea groups is 1. The topological polar surface area (TPSA) is 109 Å². The zero-order valence-corrected chi connectivity index (χ0v) is 13.1. The quantitative estimate of drug-likeness (QED) is 0.834. The molecule has 0 atom stereocenters. The molecule has 1 aromatic carbocycles. The van der Waals surface area contributed by atoms with Gasteiger partial charge in [-0.15, -0.1) is 0 Å². The lowest BCUT2D eigenvalue weighted by molar-refractivity contribution is -0.137. The number of benzene rings is 1. The van der Waals surface area contributed by atoms with E-state index in [0.717, 1.165) is 0 Å². The number of nitrogens with one attached hydrogen (secondary N) is 1. The predicted octanol–water partition coefficient (Wildman–Crippen LogP) is 2.01. The van der Waals surface area contributed by atoms with Crippen molar-refractivity contribution in [3.63, 3.8) is 0 Å². The van der Waals surface area contributed by atoms with Crippen molar-refractivity contribution in [3.8, 4) is 11.4 Å². The molecule has 2 amide bonds. The van der Waals surface area contributed by atoms with Gasteiger partial charge in [0.25, 0.3) is 0 Å². The molecule has 0 saturated heterocycles. The van der Waals surface area contributed by atoms with E-state index in [-0.39, 0.29) is 25.4 Å². The lowest BCUT2D eigenvalue weighted by Gasteiger charge is -2.15. The first-order valence-corrected chi connectivity index (χ1v) is 7.13. The fourth-order valence-corrected chi connectivity index (χ4v) is 1.91. The Labute approximate surface area is 137 Å². The molecular formula is C14H15ClN4O4. The van der Waals surface area contributed by atoms with Crippen molar-refractivity contribution in [3.05, 3.63) is 35.2 Å². The van der Waals surface area contributed by atoms with Gasteiger partial charge >= 0.3 is 12.0 Å². The van der Waals surface area contributed by atoms with Gasteiger partial charge in [-0.05, 0) is 12.1 Å². The summed E-state index contributed by atoms with van der Waals surface area (Å²) < 4.78 is 5.06. The summed E-state index contributed by atoms with van der Waals surface area (Å²) in [6.45, 7) is 0.155. The minimum absolute atomic E-state index is 0.0454. The monoisotopic (exact) mass is 338 g/mol. The molecule has 0 aliphatic heterocycles. The Morgan fingerprint density at radius 3 is 2.91 bits per heavy atom. The number of amides is 2. The molecule has 0 unspecified atom stereocenters. The third-order valence-electron chi connectivity index (χ3n) is 2.95. The van der Waals surface area contributed by atoms with Crippen molar-refractivity contribution >= 4 is 23.6 Å². The average Bonchev–Trinajstić information content (AvgIpc) is 2.99. The Morgan fingerprint density at radius 2 is 2.22 bits per heavy atom. The van der Waals surface area contributed by atoms with Crippen LogP contribution in [-0.4, -0.2) is 45.7 Å². The Kier molecular flexibility index (Phi) is 5.53. The molecule has 2 rings (SSSR count). The first kappa shape index (κ1) is 16.8. The van der Waals surface area contributed by atoms with Crippen molar-refractivity contribution in [2.24, 2.45) is 0 Å². The van der Waals surface area contributed by atoms with Gasteiger partial charge in [-0.25, -0.2) is 4.79 Å². The third-order valence-corrected chi connectivity index (χ3v) is 3.18. The fraction of sp³-hybridized carbons (Fsp3) is 0.286. The summed E-state index contributed by atoms with van der Waals surface area (Å²) in [5.74, 6) is -0.358. The van der Waals surface area contributed by atoms with Crippen LogP contribution in [0.3, 0.4) is 0 Å². The highest BCUT2D eigenvalue weighted by molar-refractivity contribution is 6.30. The highest BCUT2D eigenvalue weighted by Gasteiger charge is 2.13. The maximum atomic E-state index is 11.8. The van der Waals surface area contributed by atoms with E-state index >= 15 is 0 Å². The number of carboxylic acid groups (broad SMARTS) is 1. The molecule has 2 aromatic rings. The molecule has 2 N–H and O–H groups in total. The maximum absolute atomic E-state index is 11.8. The Bertz CT molecular complexity index is 704. The fourth-order valence-electron chi connectivity index (χ4n) is 1.72. The van der Waals surface area contributed by atoms with Crippen LogP contribution >= 0.6 is 11.6 Å². The Hall–Kier alpha value is -2.61. The number of rotatable bonds is 6. The van der Waals surface area contributed by atoms with E-state index in [0.29, 0.717) is 16.4 Å². The molecule has 0 saturated carbocycles. The molecule has 122 valence electrons. The lowest BCUT2D eigenvalue weighted by atomic mass is 10.2. The summed E-state index contributed by atoms with van der Waals surface area (Å²) in [5.41, 5.74) is 0.706. The number of hydrogen-bond donors (Lipinski definition) is 2. The van der Waals surface area contributed by atoms with E-state index in [9.17, 15) is 9.59 Å². The molecule has 8 nitrogen and oxygen atoms in total. The summed E-state index contributed by atoms with van der Waals surface area (Å²) in [5, 5.41) is 15.5. The molecule has 0 spiro atoms. The number of hydrogen-bond acceptors (Lipinski definition) is 5. The van der Waals surface area contributed by atoms with Gasteiger partial charge in [0.05, 0.1) is 13.0 Å². The number of halogens is 1. The van der Waals surface area contributed by atoms with Crippen LogP contribution in [0.2, 0.25) is 5.02 Å². The lowest BCUT2D eigenvalue weighted by Crippen LogP contribution is -2.38. The first-order chi connectivity index (χ1) is 11.0. The second-order valence-corrected chi connectivity index (χ2v) is 5.18. The number of aliphatic carboxylic acids is 1. The smallest absolute Gasteiger partial charge is 0.317 e. The highest BCUT2D eigenvalue weighted by Crippen LogP contribution is 2.19. The number of carbonyl (C=O) groups excluding carboxylic acids is 1. The van der Waals surface area contributed by atoms with Gasteiger partial charge in [-0.1, -0.05) is 28.9 Å². The van der Waals surface area contributed by atoms with Gasteiger partial charge in [-0.2, -0.15) is 4.98 Å². The molecule has 1 heterocycles. The van der Waals surface area contributed by atoms with Crippen molar-refractivity contribution in [2.75, 3.05) is 13.6 Å². The van der Waals surface area contributed by atoms with E-state index in [1.165, 1.54) is 11.9 Å². The first-order valence-electron chi connectivity index (χ1n) is 6.75. The second kappa shape index (κ2) is 7.59. The summed E-state index contributed by atoms with van der Waals surface area (Å²) in [6.07, 6.45) is -0.122. The van der Waals surface area contributed by atoms with Crippen LogP contribution in [0.4, 0.5) is 4.79 Å². The molecule has 9 heteroatoms. The average molecular weight is 339 g/mol. The molecule has 0 bridgehead atoms. The Morgan fingerprint density at radius 1 is 1.43 bits per heavy atom. The molecule has 23 heavy (non-hydrogen) atoms. The van der Waals surface area contributed by atoms with Crippen LogP contribution in [0, 0.1) is 0 Å². The SMILES string of the molecule is CN(CCC(=O)O)C(=O)NCc1nc(-c2cccc(Cl)c2)no1. The van der Waals surface area contributed by atoms with Crippen LogP contribution in [0.15, 0.2) is 28.8 Å². The minimum Gasteiger partial charge on any atom is -0.481 e. The van der Waals surface area contributed by atoms with Crippen molar-refractivity contribution in [1.82, 2.24) is 20.4 Å². The molecule has 0 aliphatic carbocycles. The molecule has 0 radical (unpaired) electrons. The number of nitrogens with zero attached hydrogens (tertiary/aromatic N) is 3. The highest BCUT2D eigenvalue weighted by atomic mass is 35.5. The largest absolute Gasteiger partial charge is 0.481 e. The maximum Gasteiger partial charge on any atom is 0.317 e. The van der Waals surface area contributed by atoms with E-state index in [2.05, 4.69) is 15.5 Å². The third kappa shape index (κ3) is 4.96. The zero-order valence-electron chi connectivity index (χ0n) is 12.3. The van der Waals surface area contributed by atoms with Crippen LogP contribution in [0.25, 0.3) is 11.4 Å². The molecular weight excluding hydrogens is 324 g/mol. The zero-order chi connectivity index (χ0) is 16.8. The van der Waals surface area contributed by atoms with E-state index in [4.69, 9.17) is 21.2 Å². The number of carbonyl (C=O) groups is 2. The number of carboxylic acids is 1. The van der Waals surface area contributed by atoms with Gasteiger partial charge in [0, 0.05) is 24.2 Å². The van der Waals surface area contributed by atoms with E-state index in [1.54, 1.807) is 24.3 Å². The minimum atomic E-state index is -0.965. The second-order valence-electron chi connectivity index (χ2n) is 4.75. The molecule has 1 aromatic heterocycles. The van der Waals surface area contributed by atoms with Crippen LogP contribution < -0.4 is 5.32 Å². The normalized spacial score (nSPS) is 10.3. The molecule has 0 aliphatic rings. The summed E-state index contributed by atoms with van der Waals surface area (Å²) in [7, 11) is 1.50. The van der Waals surface area contributed by atoms with E-state index < -0.39 is 12.0 Å². The van der Waals surface area contributed by atoms with Gasteiger partial charge in [0.1, 0.15) is 0 Å². The van der Waals surface area contributed by atoms with Gasteiger partial charge in [0.2, 0.25) is 11.7 Å². The van der Waals surface area contributed by atoms with Gasteiger partial charge in [-0.3, -0.25) is 4.79 Å². The summed E-state index contributed by atoms with van der Waals surface area (Å²) in [4.78, 5) is 27.7. The summed E-state index contributed by atoms with van der Waals surface area (Å²) in [6, 6.07) is 6.58. The Balaban J connectivity index is 1.89. The van der Waals surface area contributed by atoms with Crippen molar-refractivity contribution in [1.29, 1.82) is 0 Å². The predicted molar refractivity (Wildman–Crippen MR) is 81.9 cm³/mol. The van der Waals surface area contributed by atoms with Crippen molar-refractivity contribution in [2.45, 2.75) is 13.0 Å². The van der Waals surface area contributed by atoms with Crippen LogP contribution in [0.1, 0.15) is 12.3 Å². The molecule has 0 fully saturated rings. The summed E-state index contributed by atoms with van der Waals surface area (Å²) >= 11 is 5.90. The van der Waals surface area contributed by atoms with Crippen molar-refractivity contribution < 1.29 is 19.2 Å². The number of aromatic nitrogens is 2. The van der Waals surface area contributed by atoms with E-state index in [1.807, 2.05) is 0 Å². The van der Waals surface area contributed by atoms with Crippen LogP contribution in [-0.2, 0) is 11.3 Å².